The number of hydrogen-bond donors (Lipinski definition) is 1. The number of carbonyl (C=O) groups excluding carboxylic acids is 1. The highest BCUT2D eigenvalue weighted by molar-refractivity contribution is 5.84. The second-order valence-electron chi connectivity index (χ2n) is 4.90. The first-order chi connectivity index (χ1) is 9.63. The number of nitrogens with zero attached hydrogens (tertiary/aromatic N) is 4. The van der Waals surface area contributed by atoms with Crippen LogP contribution >= 0.6 is 0 Å². The normalized spacial score (nSPS) is 18.1. The number of rotatable bonds is 4. The third-order valence-electron chi connectivity index (χ3n) is 3.79. The Hall–Kier alpha value is -2.16. The van der Waals surface area contributed by atoms with Crippen LogP contribution in [0.2, 0.25) is 0 Å². The maximum absolute atomic E-state index is 11.5. The van der Waals surface area contributed by atoms with Gasteiger partial charge in [0, 0.05) is 6.54 Å². The topological polar surface area (TPSA) is 95.9 Å². The van der Waals surface area contributed by atoms with Gasteiger partial charge in [0.05, 0.1) is 5.69 Å². The van der Waals surface area contributed by atoms with Crippen LogP contribution in [-0.2, 0) is 17.6 Å². The first-order valence-corrected chi connectivity index (χ1v) is 6.98. The lowest BCUT2D eigenvalue weighted by molar-refractivity contribution is -0.119. The molecular formula is C14H19N5O. The fraction of sp³-hybridized carbons (Fsp3) is 0.571. The molecule has 0 saturated carbocycles. The van der Waals surface area contributed by atoms with Gasteiger partial charge >= 0.3 is 0 Å². The Morgan fingerprint density at radius 3 is 2.75 bits per heavy atom. The molecule has 2 heterocycles. The largest absolute Gasteiger partial charge is 0.368 e. The lowest BCUT2D eigenvalue weighted by Crippen LogP contribution is -2.41. The molecule has 1 unspecified atom stereocenters. The van der Waals surface area contributed by atoms with Crippen molar-refractivity contribution in [2.45, 2.75) is 45.6 Å². The van der Waals surface area contributed by atoms with Crippen molar-refractivity contribution in [2.75, 3.05) is 11.4 Å². The van der Waals surface area contributed by atoms with Gasteiger partial charge in [0.2, 0.25) is 5.91 Å². The highest BCUT2D eigenvalue weighted by Crippen LogP contribution is 2.29. The molecule has 0 bridgehead atoms. The molecule has 1 atom stereocenters. The molecule has 1 saturated heterocycles. The number of carbonyl (C=O) groups is 1. The van der Waals surface area contributed by atoms with Gasteiger partial charge in [-0.3, -0.25) is 4.79 Å². The highest BCUT2D eigenvalue weighted by Gasteiger charge is 2.32. The Labute approximate surface area is 118 Å². The average Bonchev–Trinajstić information content (AvgIpc) is 2.94. The van der Waals surface area contributed by atoms with Gasteiger partial charge in [-0.15, -0.1) is 5.10 Å². The van der Waals surface area contributed by atoms with Crippen molar-refractivity contribution >= 4 is 11.7 Å². The third kappa shape index (κ3) is 2.31. The molecule has 1 aliphatic rings. The van der Waals surface area contributed by atoms with Gasteiger partial charge in [0.25, 0.3) is 0 Å². The summed E-state index contributed by atoms with van der Waals surface area (Å²) in [6, 6.07) is 1.85. The fourth-order valence-electron chi connectivity index (χ4n) is 2.80. The van der Waals surface area contributed by atoms with E-state index in [0.29, 0.717) is 24.3 Å². The molecule has 2 rings (SSSR count). The summed E-state index contributed by atoms with van der Waals surface area (Å²) in [6.45, 7) is 4.67. The van der Waals surface area contributed by atoms with Crippen LogP contribution in [0.15, 0.2) is 0 Å². The van der Waals surface area contributed by atoms with E-state index < -0.39 is 0 Å². The molecule has 1 aliphatic heterocycles. The first-order valence-electron chi connectivity index (χ1n) is 6.98. The molecule has 6 nitrogen and oxygen atoms in total. The van der Waals surface area contributed by atoms with E-state index in [2.05, 4.69) is 16.3 Å². The summed E-state index contributed by atoms with van der Waals surface area (Å²) in [7, 11) is 0. The summed E-state index contributed by atoms with van der Waals surface area (Å²) in [5.74, 6) is 0.133. The van der Waals surface area contributed by atoms with Crippen LogP contribution in [0.25, 0.3) is 0 Å². The zero-order valence-corrected chi connectivity index (χ0v) is 11.9. The molecule has 20 heavy (non-hydrogen) atoms. The van der Waals surface area contributed by atoms with Crippen molar-refractivity contribution in [1.82, 2.24) is 10.2 Å². The summed E-state index contributed by atoms with van der Waals surface area (Å²) in [4.78, 5) is 13.3. The SMILES string of the molecule is CCc1nnc(N2CCCC2C(N)=O)c(C#N)c1CC. The van der Waals surface area contributed by atoms with E-state index in [4.69, 9.17) is 5.73 Å². The van der Waals surface area contributed by atoms with E-state index in [-0.39, 0.29) is 11.9 Å². The van der Waals surface area contributed by atoms with E-state index in [1.165, 1.54) is 0 Å². The van der Waals surface area contributed by atoms with E-state index in [1.54, 1.807) is 0 Å². The van der Waals surface area contributed by atoms with Crippen molar-refractivity contribution in [1.29, 1.82) is 5.26 Å². The molecule has 0 radical (unpaired) electrons. The number of aryl methyl sites for hydroxylation is 1. The number of anilines is 1. The van der Waals surface area contributed by atoms with Crippen molar-refractivity contribution in [3.05, 3.63) is 16.8 Å². The minimum absolute atomic E-state index is 0.370. The average molecular weight is 273 g/mol. The van der Waals surface area contributed by atoms with Crippen LogP contribution in [0.5, 0.6) is 0 Å². The molecule has 0 aromatic carbocycles. The predicted molar refractivity (Wildman–Crippen MR) is 75.1 cm³/mol. The molecule has 0 aliphatic carbocycles. The third-order valence-corrected chi connectivity index (χ3v) is 3.79. The summed E-state index contributed by atoms with van der Waals surface area (Å²) in [5, 5.41) is 17.9. The van der Waals surface area contributed by atoms with Crippen LogP contribution in [-0.4, -0.2) is 28.7 Å². The minimum Gasteiger partial charge on any atom is -0.368 e. The second-order valence-corrected chi connectivity index (χ2v) is 4.90. The Morgan fingerprint density at radius 1 is 1.45 bits per heavy atom. The standard InChI is InChI=1S/C14H19N5O/c1-3-9-10(8-15)14(18-17-11(9)4-2)19-7-5-6-12(19)13(16)20/h12H,3-7H2,1-2H3,(H2,16,20). The zero-order chi connectivity index (χ0) is 14.7. The molecule has 1 aromatic heterocycles. The molecule has 106 valence electrons. The van der Waals surface area contributed by atoms with E-state index in [9.17, 15) is 10.1 Å². The maximum atomic E-state index is 11.5. The van der Waals surface area contributed by atoms with E-state index >= 15 is 0 Å². The van der Waals surface area contributed by atoms with Crippen LogP contribution in [0, 0.1) is 11.3 Å². The van der Waals surface area contributed by atoms with Crippen LogP contribution < -0.4 is 10.6 Å². The Morgan fingerprint density at radius 2 is 2.20 bits per heavy atom. The van der Waals surface area contributed by atoms with Crippen molar-refractivity contribution in [3.8, 4) is 6.07 Å². The monoisotopic (exact) mass is 273 g/mol. The fourth-order valence-corrected chi connectivity index (χ4v) is 2.80. The van der Waals surface area contributed by atoms with Gasteiger partial charge in [0.1, 0.15) is 17.7 Å². The highest BCUT2D eigenvalue weighted by atomic mass is 16.1. The van der Waals surface area contributed by atoms with Crippen molar-refractivity contribution in [3.63, 3.8) is 0 Å². The number of nitrogens with two attached hydrogens (primary N) is 1. The number of primary amides is 1. The van der Waals surface area contributed by atoms with Gasteiger partial charge in [-0.25, -0.2) is 0 Å². The van der Waals surface area contributed by atoms with Gasteiger partial charge in [0.15, 0.2) is 5.82 Å². The van der Waals surface area contributed by atoms with Crippen molar-refractivity contribution < 1.29 is 4.79 Å². The van der Waals surface area contributed by atoms with Gasteiger partial charge < -0.3 is 10.6 Å². The number of hydrogen-bond acceptors (Lipinski definition) is 5. The Bertz CT molecular complexity index is 563. The number of nitriles is 1. The minimum atomic E-state index is -0.381. The van der Waals surface area contributed by atoms with Crippen LogP contribution in [0.1, 0.15) is 43.5 Å². The molecule has 0 spiro atoms. The van der Waals surface area contributed by atoms with Crippen LogP contribution in [0.3, 0.4) is 0 Å². The summed E-state index contributed by atoms with van der Waals surface area (Å²) < 4.78 is 0. The number of aromatic nitrogens is 2. The second kappa shape index (κ2) is 5.87. The quantitative estimate of drug-likeness (QED) is 0.880. The summed E-state index contributed by atoms with van der Waals surface area (Å²) in [6.07, 6.45) is 3.05. The summed E-state index contributed by atoms with van der Waals surface area (Å²) >= 11 is 0. The Kier molecular flexibility index (Phi) is 4.18. The van der Waals surface area contributed by atoms with Gasteiger partial charge in [-0.1, -0.05) is 13.8 Å². The Balaban J connectivity index is 2.52. The van der Waals surface area contributed by atoms with Gasteiger partial charge in [-0.2, -0.15) is 10.4 Å². The van der Waals surface area contributed by atoms with Crippen LogP contribution in [0.4, 0.5) is 5.82 Å². The molecule has 1 aromatic rings. The maximum Gasteiger partial charge on any atom is 0.240 e. The molecular weight excluding hydrogens is 254 g/mol. The lowest BCUT2D eigenvalue weighted by Gasteiger charge is -2.24. The summed E-state index contributed by atoms with van der Waals surface area (Å²) in [5.41, 5.74) is 7.74. The van der Waals surface area contributed by atoms with Gasteiger partial charge in [-0.05, 0) is 31.2 Å². The van der Waals surface area contributed by atoms with E-state index in [1.807, 2.05) is 18.7 Å². The smallest absolute Gasteiger partial charge is 0.240 e. The first kappa shape index (κ1) is 14.3. The zero-order valence-electron chi connectivity index (χ0n) is 11.9. The molecule has 2 N–H and O–H groups in total. The van der Waals surface area contributed by atoms with Crippen molar-refractivity contribution in [2.24, 2.45) is 5.73 Å². The number of amides is 1. The lowest BCUT2D eigenvalue weighted by atomic mass is 10.0. The molecule has 6 heteroatoms. The van der Waals surface area contributed by atoms with E-state index in [0.717, 1.165) is 30.5 Å². The predicted octanol–water partition coefficient (Wildman–Crippen LogP) is 0.927. The molecule has 1 fully saturated rings. The molecule has 1 amide bonds.